The van der Waals surface area contributed by atoms with Crippen molar-refractivity contribution in [3.8, 4) is 0 Å². The van der Waals surface area contributed by atoms with Crippen molar-refractivity contribution in [2.75, 3.05) is 26.7 Å². The zero-order valence-electron chi connectivity index (χ0n) is 14.4. The number of hydrogen-bond donors (Lipinski definition) is 1. The Morgan fingerprint density at radius 2 is 1.82 bits per heavy atom. The Balaban J connectivity index is 1.74. The van der Waals surface area contributed by atoms with Crippen molar-refractivity contribution in [2.45, 2.75) is 51.8 Å². The first-order valence-electron chi connectivity index (χ1n) is 8.69. The average molecular weight is 304 g/mol. The van der Waals surface area contributed by atoms with E-state index >= 15 is 0 Å². The highest BCUT2D eigenvalue weighted by molar-refractivity contribution is 5.14. The molecule has 0 bridgehead atoms. The van der Waals surface area contributed by atoms with Gasteiger partial charge in [-0.15, -0.1) is 0 Å². The van der Waals surface area contributed by atoms with E-state index in [9.17, 15) is 5.11 Å². The fourth-order valence-electron chi connectivity index (χ4n) is 2.93. The van der Waals surface area contributed by atoms with E-state index in [2.05, 4.69) is 55.0 Å². The van der Waals surface area contributed by atoms with Crippen LogP contribution in [-0.4, -0.2) is 53.7 Å². The Morgan fingerprint density at radius 3 is 2.41 bits per heavy atom. The van der Waals surface area contributed by atoms with Gasteiger partial charge in [0.25, 0.3) is 0 Å². The molecule has 1 atom stereocenters. The standard InChI is InChI=1S/C19H32N2O/c1-16(2)11-12-21(18-9-10-18)15-19(22)14-20(3)13-17-7-5-4-6-8-17/h4-8,16,18-19,22H,9-15H2,1-3H3. The molecule has 1 aliphatic rings. The number of hydrogen-bond acceptors (Lipinski definition) is 3. The van der Waals surface area contributed by atoms with Crippen LogP contribution in [0.15, 0.2) is 30.3 Å². The minimum Gasteiger partial charge on any atom is -0.390 e. The van der Waals surface area contributed by atoms with Crippen molar-refractivity contribution in [3.05, 3.63) is 35.9 Å². The Hall–Kier alpha value is -0.900. The zero-order chi connectivity index (χ0) is 15.9. The Morgan fingerprint density at radius 1 is 1.14 bits per heavy atom. The molecule has 1 saturated carbocycles. The van der Waals surface area contributed by atoms with Crippen molar-refractivity contribution in [2.24, 2.45) is 5.92 Å². The van der Waals surface area contributed by atoms with Crippen LogP contribution in [0.25, 0.3) is 0 Å². The lowest BCUT2D eigenvalue weighted by atomic mass is 10.1. The van der Waals surface area contributed by atoms with E-state index in [1.165, 1.54) is 24.8 Å². The summed E-state index contributed by atoms with van der Waals surface area (Å²) in [5.74, 6) is 0.735. The molecule has 3 heteroatoms. The van der Waals surface area contributed by atoms with Crippen LogP contribution in [0, 0.1) is 5.92 Å². The second-order valence-electron chi connectivity index (χ2n) is 7.24. The van der Waals surface area contributed by atoms with E-state index in [0.29, 0.717) is 0 Å². The summed E-state index contributed by atoms with van der Waals surface area (Å²) in [5.41, 5.74) is 1.30. The van der Waals surface area contributed by atoms with Gasteiger partial charge < -0.3 is 5.11 Å². The summed E-state index contributed by atoms with van der Waals surface area (Å²) < 4.78 is 0. The van der Waals surface area contributed by atoms with Crippen LogP contribution in [0.5, 0.6) is 0 Å². The molecule has 0 spiro atoms. The number of rotatable bonds is 10. The third kappa shape index (κ3) is 6.47. The minimum absolute atomic E-state index is 0.263. The molecular formula is C19H32N2O. The molecule has 1 unspecified atom stereocenters. The van der Waals surface area contributed by atoms with Gasteiger partial charge in [-0.2, -0.15) is 0 Å². The summed E-state index contributed by atoms with van der Waals surface area (Å²) in [6.45, 7) is 8.12. The van der Waals surface area contributed by atoms with Crippen molar-refractivity contribution >= 4 is 0 Å². The van der Waals surface area contributed by atoms with Gasteiger partial charge in [-0.05, 0) is 44.3 Å². The third-order valence-electron chi connectivity index (χ3n) is 4.32. The Labute approximate surface area is 135 Å². The number of nitrogens with zero attached hydrogens (tertiary/aromatic N) is 2. The van der Waals surface area contributed by atoms with Gasteiger partial charge >= 0.3 is 0 Å². The van der Waals surface area contributed by atoms with Gasteiger partial charge in [0.05, 0.1) is 6.10 Å². The summed E-state index contributed by atoms with van der Waals surface area (Å²) in [5, 5.41) is 10.4. The molecular weight excluding hydrogens is 272 g/mol. The molecule has 0 radical (unpaired) electrons. The van der Waals surface area contributed by atoms with Crippen molar-refractivity contribution in [3.63, 3.8) is 0 Å². The van der Waals surface area contributed by atoms with E-state index in [-0.39, 0.29) is 6.10 Å². The van der Waals surface area contributed by atoms with Crippen LogP contribution in [0.4, 0.5) is 0 Å². The first-order valence-corrected chi connectivity index (χ1v) is 8.69. The van der Waals surface area contributed by atoms with Gasteiger partial charge in [-0.3, -0.25) is 9.80 Å². The highest BCUT2D eigenvalue weighted by Gasteiger charge is 2.30. The van der Waals surface area contributed by atoms with Crippen molar-refractivity contribution < 1.29 is 5.11 Å². The van der Waals surface area contributed by atoms with E-state index in [1.807, 2.05) is 6.07 Å². The fraction of sp³-hybridized carbons (Fsp3) is 0.684. The molecule has 2 rings (SSSR count). The van der Waals surface area contributed by atoms with E-state index in [0.717, 1.165) is 38.1 Å². The first kappa shape index (κ1) is 17.5. The minimum atomic E-state index is -0.263. The van der Waals surface area contributed by atoms with Crippen LogP contribution >= 0.6 is 0 Å². The molecule has 1 aromatic carbocycles. The number of aliphatic hydroxyl groups excluding tert-OH is 1. The first-order chi connectivity index (χ1) is 10.5. The maximum atomic E-state index is 10.4. The largest absolute Gasteiger partial charge is 0.390 e. The maximum absolute atomic E-state index is 10.4. The molecule has 0 saturated heterocycles. The SMILES string of the molecule is CC(C)CCN(CC(O)CN(C)Cc1ccccc1)C1CC1. The lowest BCUT2D eigenvalue weighted by molar-refractivity contribution is 0.0748. The predicted molar refractivity (Wildman–Crippen MR) is 92.8 cm³/mol. The molecule has 0 aliphatic heterocycles. The van der Waals surface area contributed by atoms with Crippen LogP contribution < -0.4 is 0 Å². The molecule has 3 nitrogen and oxygen atoms in total. The molecule has 0 amide bonds. The summed E-state index contributed by atoms with van der Waals surface area (Å²) in [6.07, 6.45) is 3.58. The highest BCUT2D eigenvalue weighted by atomic mass is 16.3. The quantitative estimate of drug-likeness (QED) is 0.720. The Bertz CT molecular complexity index is 417. The Kier molecular flexibility index (Phi) is 6.87. The van der Waals surface area contributed by atoms with Crippen LogP contribution in [0.3, 0.4) is 0 Å². The van der Waals surface area contributed by atoms with Crippen LogP contribution in [0.1, 0.15) is 38.7 Å². The topological polar surface area (TPSA) is 26.7 Å². The molecule has 1 aromatic rings. The third-order valence-corrected chi connectivity index (χ3v) is 4.32. The monoisotopic (exact) mass is 304 g/mol. The van der Waals surface area contributed by atoms with Gasteiger partial charge in [0, 0.05) is 25.7 Å². The van der Waals surface area contributed by atoms with Gasteiger partial charge in [0.15, 0.2) is 0 Å². The van der Waals surface area contributed by atoms with Crippen LogP contribution in [-0.2, 0) is 6.54 Å². The summed E-state index contributed by atoms with van der Waals surface area (Å²) in [6, 6.07) is 11.2. The van der Waals surface area contributed by atoms with Gasteiger partial charge in [0.2, 0.25) is 0 Å². The van der Waals surface area contributed by atoms with Crippen LogP contribution in [0.2, 0.25) is 0 Å². The lowest BCUT2D eigenvalue weighted by Gasteiger charge is -2.28. The molecule has 0 aromatic heterocycles. The number of benzene rings is 1. The van der Waals surface area contributed by atoms with Gasteiger partial charge in [0.1, 0.15) is 0 Å². The average Bonchev–Trinajstić information content (AvgIpc) is 3.28. The molecule has 1 aliphatic carbocycles. The fourth-order valence-corrected chi connectivity index (χ4v) is 2.93. The second-order valence-corrected chi connectivity index (χ2v) is 7.24. The number of aliphatic hydroxyl groups is 1. The van der Waals surface area contributed by atoms with E-state index in [4.69, 9.17) is 0 Å². The van der Waals surface area contributed by atoms with Crippen molar-refractivity contribution in [1.82, 2.24) is 9.80 Å². The number of likely N-dealkylation sites (N-methyl/N-ethyl adjacent to an activating group) is 1. The van der Waals surface area contributed by atoms with Crippen molar-refractivity contribution in [1.29, 1.82) is 0 Å². The normalized spacial score (nSPS) is 16.7. The van der Waals surface area contributed by atoms with E-state index < -0.39 is 0 Å². The molecule has 1 fully saturated rings. The summed E-state index contributed by atoms with van der Waals surface area (Å²) in [7, 11) is 2.09. The summed E-state index contributed by atoms with van der Waals surface area (Å²) in [4.78, 5) is 4.72. The molecule has 1 N–H and O–H groups in total. The molecule has 22 heavy (non-hydrogen) atoms. The molecule has 0 heterocycles. The lowest BCUT2D eigenvalue weighted by Crippen LogP contribution is -2.40. The second kappa shape index (κ2) is 8.66. The zero-order valence-corrected chi connectivity index (χ0v) is 14.4. The predicted octanol–water partition coefficient (Wildman–Crippen LogP) is 2.99. The van der Waals surface area contributed by atoms with Gasteiger partial charge in [-0.1, -0.05) is 44.2 Å². The van der Waals surface area contributed by atoms with E-state index in [1.54, 1.807) is 0 Å². The summed E-state index contributed by atoms with van der Waals surface area (Å²) >= 11 is 0. The molecule has 124 valence electrons. The van der Waals surface area contributed by atoms with Gasteiger partial charge in [-0.25, -0.2) is 0 Å². The maximum Gasteiger partial charge on any atom is 0.0793 e. The highest BCUT2D eigenvalue weighted by Crippen LogP contribution is 2.27. The smallest absolute Gasteiger partial charge is 0.0793 e.